The van der Waals surface area contributed by atoms with Crippen LogP contribution in [-0.2, 0) is 15.8 Å². The Labute approximate surface area is 186 Å². The summed E-state index contributed by atoms with van der Waals surface area (Å²) in [6.07, 6.45) is -4.89. The molecule has 0 bridgehead atoms. The van der Waals surface area contributed by atoms with E-state index < -0.39 is 47.1 Å². The molecule has 2 heterocycles. The molecule has 2 N–H and O–H groups in total. The largest absolute Gasteiger partial charge is 0.481 e. The fourth-order valence-electron chi connectivity index (χ4n) is 4.42. The third kappa shape index (κ3) is 4.23. The van der Waals surface area contributed by atoms with Crippen LogP contribution in [0, 0.1) is 11.8 Å². The molecule has 172 valence electrons. The number of hydrogen-bond donors (Lipinski definition) is 2. The van der Waals surface area contributed by atoms with Crippen molar-refractivity contribution in [2.24, 2.45) is 11.8 Å². The zero-order valence-electron chi connectivity index (χ0n) is 17.3. The van der Waals surface area contributed by atoms with Crippen LogP contribution in [0.4, 0.5) is 13.2 Å². The van der Waals surface area contributed by atoms with E-state index in [2.05, 4.69) is 0 Å². The number of halogens is 3. The Bertz CT molecular complexity index is 1000. The normalized spacial score (nSPS) is 23.5. The molecular weight excluding hydrogens is 447 g/mol. The minimum absolute atomic E-state index is 0.000360. The maximum absolute atomic E-state index is 13.6. The van der Waals surface area contributed by atoms with Crippen LogP contribution in [0.1, 0.15) is 53.5 Å². The molecule has 1 saturated heterocycles. The summed E-state index contributed by atoms with van der Waals surface area (Å²) in [6.45, 7) is 3.53. The van der Waals surface area contributed by atoms with E-state index in [4.69, 9.17) is 0 Å². The van der Waals surface area contributed by atoms with Gasteiger partial charge in [0.2, 0.25) is 0 Å². The van der Waals surface area contributed by atoms with Gasteiger partial charge in [-0.05, 0) is 54.5 Å². The zero-order valence-corrected chi connectivity index (χ0v) is 18.1. The molecular formula is C22H22F3NO5S. The van der Waals surface area contributed by atoms with E-state index in [0.717, 1.165) is 29.2 Å². The summed E-state index contributed by atoms with van der Waals surface area (Å²) in [6, 6.07) is 5.73. The number of benzene rings is 1. The Morgan fingerprint density at radius 1 is 1.16 bits per heavy atom. The average Bonchev–Trinajstić information content (AvgIpc) is 3.33. The Hall–Kier alpha value is -2.88. The fraction of sp³-hybridized carbons (Fsp3) is 0.409. The molecule has 1 aliphatic heterocycles. The molecule has 2 aromatic rings. The van der Waals surface area contributed by atoms with Crippen molar-refractivity contribution in [2.45, 2.75) is 44.4 Å². The van der Waals surface area contributed by atoms with Crippen LogP contribution in [0.25, 0.3) is 0 Å². The van der Waals surface area contributed by atoms with Gasteiger partial charge >= 0.3 is 18.1 Å². The summed E-state index contributed by atoms with van der Waals surface area (Å²) >= 11 is 1.20. The lowest BCUT2D eigenvalue weighted by Crippen LogP contribution is -2.54. The molecule has 32 heavy (non-hydrogen) atoms. The highest BCUT2D eigenvalue weighted by Crippen LogP contribution is 2.51. The molecule has 3 atom stereocenters. The number of carbonyl (C=O) groups is 3. The quantitative estimate of drug-likeness (QED) is 0.626. The maximum Gasteiger partial charge on any atom is 0.416 e. The second-order valence-electron chi connectivity index (χ2n) is 8.29. The monoisotopic (exact) mass is 469 g/mol. The Morgan fingerprint density at radius 3 is 2.22 bits per heavy atom. The molecule has 1 aliphatic rings. The second kappa shape index (κ2) is 8.57. The minimum Gasteiger partial charge on any atom is -0.481 e. The number of thiophene rings is 1. The maximum atomic E-state index is 13.6. The number of carboxylic acid groups (broad SMARTS) is 2. The first-order valence-electron chi connectivity index (χ1n) is 9.89. The number of likely N-dealkylation sites (tertiary alicyclic amines) is 1. The molecule has 6 nitrogen and oxygen atoms in total. The fourth-order valence-corrected chi connectivity index (χ4v) is 5.30. The van der Waals surface area contributed by atoms with E-state index in [0.29, 0.717) is 4.88 Å². The highest BCUT2D eigenvalue weighted by atomic mass is 32.1. The summed E-state index contributed by atoms with van der Waals surface area (Å²) in [4.78, 5) is 39.8. The Balaban J connectivity index is 2.17. The van der Waals surface area contributed by atoms with Gasteiger partial charge in [-0.3, -0.25) is 9.59 Å². The summed E-state index contributed by atoms with van der Waals surface area (Å²) in [5.41, 5.74) is -2.90. The lowest BCUT2D eigenvalue weighted by molar-refractivity contribution is -0.150. The molecule has 1 amide bonds. The highest BCUT2D eigenvalue weighted by molar-refractivity contribution is 7.10. The van der Waals surface area contributed by atoms with Crippen LogP contribution in [0.3, 0.4) is 0 Å². The van der Waals surface area contributed by atoms with E-state index in [1.807, 2.05) is 0 Å². The second-order valence-corrected chi connectivity index (χ2v) is 9.27. The van der Waals surface area contributed by atoms with Crippen molar-refractivity contribution < 1.29 is 37.8 Å². The van der Waals surface area contributed by atoms with Crippen molar-refractivity contribution in [2.75, 3.05) is 0 Å². The number of nitrogens with zero attached hydrogens (tertiary/aromatic N) is 1. The number of aliphatic carboxylic acids is 2. The topological polar surface area (TPSA) is 94.9 Å². The van der Waals surface area contributed by atoms with Crippen LogP contribution in [-0.4, -0.2) is 38.5 Å². The number of hydrogen-bond acceptors (Lipinski definition) is 4. The zero-order chi connectivity index (χ0) is 23.8. The van der Waals surface area contributed by atoms with Gasteiger partial charge in [0.05, 0.1) is 17.5 Å². The van der Waals surface area contributed by atoms with Crippen LogP contribution >= 0.6 is 11.3 Å². The smallest absolute Gasteiger partial charge is 0.416 e. The van der Waals surface area contributed by atoms with Gasteiger partial charge in [-0.1, -0.05) is 19.9 Å². The van der Waals surface area contributed by atoms with Gasteiger partial charge in [0, 0.05) is 10.4 Å². The van der Waals surface area contributed by atoms with Crippen molar-refractivity contribution >= 4 is 29.2 Å². The minimum atomic E-state index is -4.59. The molecule has 10 heteroatoms. The van der Waals surface area contributed by atoms with Crippen molar-refractivity contribution in [3.8, 4) is 0 Å². The first-order chi connectivity index (χ1) is 14.9. The van der Waals surface area contributed by atoms with E-state index in [-0.39, 0.29) is 24.3 Å². The van der Waals surface area contributed by atoms with Gasteiger partial charge < -0.3 is 15.1 Å². The molecule has 0 saturated carbocycles. The van der Waals surface area contributed by atoms with E-state index in [1.165, 1.54) is 11.3 Å². The van der Waals surface area contributed by atoms with Crippen molar-refractivity contribution in [3.63, 3.8) is 0 Å². The van der Waals surface area contributed by atoms with E-state index >= 15 is 0 Å². The highest BCUT2D eigenvalue weighted by Gasteiger charge is 2.61. The Morgan fingerprint density at radius 2 is 1.78 bits per heavy atom. The molecule has 1 aromatic heterocycles. The van der Waals surface area contributed by atoms with Gasteiger partial charge in [0.15, 0.2) is 0 Å². The predicted octanol–water partition coefficient (Wildman–Crippen LogP) is 4.92. The van der Waals surface area contributed by atoms with E-state index in [1.54, 1.807) is 31.4 Å². The molecule has 1 fully saturated rings. The molecule has 0 unspecified atom stereocenters. The van der Waals surface area contributed by atoms with Crippen LogP contribution < -0.4 is 0 Å². The van der Waals surface area contributed by atoms with Crippen LogP contribution in [0.2, 0.25) is 0 Å². The summed E-state index contributed by atoms with van der Waals surface area (Å²) < 4.78 is 38.8. The standard InChI is InChI=1S/C22H22F3NO5S/c1-12(2)10-21(20(30)31)11-15(19(28)29)17(16-4-3-9-32-16)26(21)18(27)13-5-7-14(8-6-13)22(23,24)25/h3-9,12,15,17H,10-11H2,1-2H3,(H,28,29)(H,30,31)/t15-,17+,21-/m1/s1. The molecule has 0 aliphatic carbocycles. The number of alkyl halides is 3. The van der Waals surface area contributed by atoms with Gasteiger partial charge in [-0.25, -0.2) is 4.79 Å². The van der Waals surface area contributed by atoms with E-state index in [9.17, 15) is 37.8 Å². The molecule has 0 spiro atoms. The number of rotatable bonds is 6. The summed E-state index contributed by atoms with van der Waals surface area (Å²) in [7, 11) is 0. The Kier molecular flexibility index (Phi) is 6.37. The average molecular weight is 469 g/mol. The van der Waals surface area contributed by atoms with Crippen molar-refractivity contribution in [3.05, 3.63) is 57.8 Å². The summed E-state index contributed by atoms with van der Waals surface area (Å²) in [5.74, 6) is -4.76. The SMILES string of the molecule is CC(C)C[C@]1(C(=O)O)C[C@@H](C(=O)O)[C@@H](c2cccs2)N1C(=O)c1ccc(C(F)(F)F)cc1. The molecule has 1 aromatic carbocycles. The first kappa shape index (κ1) is 23.8. The van der Waals surface area contributed by atoms with Gasteiger partial charge in [0.1, 0.15) is 5.54 Å². The van der Waals surface area contributed by atoms with Crippen LogP contribution in [0.5, 0.6) is 0 Å². The lowest BCUT2D eigenvalue weighted by Gasteiger charge is -2.39. The third-order valence-electron chi connectivity index (χ3n) is 5.65. The lowest BCUT2D eigenvalue weighted by atomic mass is 9.83. The van der Waals surface area contributed by atoms with Crippen molar-refractivity contribution in [1.29, 1.82) is 0 Å². The van der Waals surface area contributed by atoms with Crippen molar-refractivity contribution in [1.82, 2.24) is 4.90 Å². The summed E-state index contributed by atoms with van der Waals surface area (Å²) in [5, 5.41) is 21.8. The van der Waals surface area contributed by atoms with Gasteiger partial charge in [-0.15, -0.1) is 11.3 Å². The number of carbonyl (C=O) groups excluding carboxylic acids is 1. The molecule has 3 rings (SSSR count). The number of carboxylic acids is 2. The number of amides is 1. The third-order valence-corrected chi connectivity index (χ3v) is 6.59. The predicted molar refractivity (Wildman–Crippen MR) is 110 cm³/mol. The van der Waals surface area contributed by atoms with Gasteiger partial charge in [-0.2, -0.15) is 13.2 Å². The first-order valence-corrected chi connectivity index (χ1v) is 10.8. The molecule has 0 radical (unpaired) electrons. The van der Waals surface area contributed by atoms with Gasteiger partial charge in [0.25, 0.3) is 5.91 Å². The van der Waals surface area contributed by atoms with Crippen LogP contribution in [0.15, 0.2) is 41.8 Å².